The number of carbonyl (C=O) groups is 2. The van der Waals surface area contributed by atoms with Crippen molar-refractivity contribution in [2.75, 3.05) is 0 Å². The number of carbonyl (C=O) groups excluding carboxylic acids is 2. The third-order valence-electron chi connectivity index (χ3n) is 8.04. The number of alkyl halides is 3. The molecule has 2 aromatic carbocycles. The second-order valence-corrected chi connectivity index (χ2v) is 11.5. The van der Waals surface area contributed by atoms with Crippen molar-refractivity contribution >= 4 is 17.5 Å². The minimum absolute atomic E-state index is 0.0703. The molecule has 1 aromatic heterocycles. The van der Waals surface area contributed by atoms with Gasteiger partial charge in [-0.1, -0.05) is 56.7 Å². The van der Waals surface area contributed by atoms with Crippen molar-refractivity contribution in [3.8, 4) is 0 Å². The second kappa shape index (κ2) is 11.7. The summed E-state index contributed by atoms with van der Waals surface area (Å²) in [5, 5.41) is 16.2. The van der Waals surface area contributed by atoms with Crippen molar-refractivity contribution in [2.24, 2.45) is 16.8 Å². The van der Waals surface area contributed by atoms with Crippen LogP contribution in [-0.4, -0.2) is 48.7 Å². The third-order valence-corrected chi connectivity index (χ3v) is 8.04. The number of nitrogens with one attached hydrogen (secondary N) is 2. The van der Waals surface area contributed by atoms with Gasteiger partial charge in [-0.2, -0.15) is 18.4 Å². The fourth-order valence-corrected chi connectivity index (χ4v) is 6.51. The maximum absolute atomic E-state index is 14.2. The topological polar surface area (TPSA) is 116 Å². The fraction of sp³-hybridized carbons (Fsp3) is 0.467. The van der Waals surface area contributed by atoms with E-state index in [4.69, 9.17) is 4.99 Å². The van der Waals surface area contributed by atoms with Gasteiger partial charge in [0.2, 0.25) is 0 Å². The van der Waals surface area contributed by atoms with E-state index in [1.807, 2.05) is 24.0 Å². The molecule has 1 spiro atoms. The fourth-order valence-electron chi connectivity index (χ4n) is 6.51. The Morgan fingerprint density at radius 3 is 2.48 bits per heavy atom. The number of aromatic nitrogens is 4. The van der Waals surface area contributed by atoms with Crippen LogP contribution in [0.15, 0.2) is 53.5 Å². The van der Waals surface area contributed by atoms with E-state index in [0.717, 1.165) is 30.5 Å². The van der Waals surface area contributed by atoms with Gasteiger partial charge in [0.25, 0.3) is 11.8 Å². The minimum Gasteiger partial charge on any atom is -0.345 e. The zero-order valence-corrected chi connectivity index (χ0v) is 23.8. The molecule has 1 fully saturated rings. The Balaban J connectivity index is 1.49. The number of hydrogen-bond acceptors (Lipinski definition) is 6. The lowest BCUT2D eigenvalue weighted by Gasteiger charge is -2.47. The van der Waals surface area contributed by atoms with Gasteiger partial charge in [0.15, 0.2) is 5.82 Å². The molecule has 1 saturated carbocycles. The number of H-pyrrole nitrogens is 1. The minimum atomic E-state index is -4.53. The highest BCUT2D eigenvalue weighted by atomic mass is 19.4. The molecule has 42 heavy (non-hydrogen) atoms. The largest absolute Gasteiger partial charge is 0.416 e. The lowest BCUT2D eigenvalue weighted by Crippen LogP contribution is -2.52. The summed E-state index contributed by atoms with van der Waals surface area (Å²) < 4.78 is 40.7. The highest BCUT2D eigenvalue weighted by Crippen LogP contribution is 2.48. The number of aromatic amines is 1. The molecule has 0 saturated heterocycles. The zero-order chi connectivity index (χ0) is 30.1. The molecular formula is C30H34F3N7O2. The van der Waals surface area contributed by atoms with Crippen LogP contribution >= 0.6 is 0 Å². The van der Waals surface area contributed by atoms with Crippen LogP contribution in [0.25, 0.3) is 0 Å². The molecule has 2 aliphatic rings. The molecule has 0 radical (unpaired) electrons. The zero-order valence-electron chi connectivity index (χ0n) is 23.8. The van der Waals surface area contributed by atoms with Crippen molar-refractivity contribution in [3.05, 3.63) is 76.6 Å². The summed E-state index contributed by atoms with van der Waals surface area (Å²) in [5.41, 5.74) is -0.163. The van der Waals surface area contributed by atoms with E-state index in [-0.39, 0.29) is 47.5 Å². The molecule has 5 rings (SSSR count). The molecule has 1 aliphatic carbocycles. The number of halogens is 3. The Kier molecular flexibility index (Phi) is 8.16. The molecule has 9 nitrogen and oxygen atoms in total. The van der Waals surface area contributed by atoms with Crippen molar-refractivity contribution in [3.63, 3.8) is 0 Å². The Hall–Kier alpha value is -4.09. The molecule has 2 heterocycles. The van der Waals surface area contributed by atoms with Gasteiger partial charge in [-0.25, -0.2) is 0 Å². The third kappa shape index (κ3) is 5.93. The first-order chi connectivity index (χ1) is 20.0. The van der Waals surface area contributed by atoms with Crippen LogP contribution in [0.1, 0.15) is 91.8 Å². The average Bonchev–Trinajstić information content (AvgIpc) is 3.56. The highest BCUT2D eigenvalue weighted by Gasteiger charge is 2.53. The van der Waals surface area contributed by atoms with Crippen LogP contribution in [0, 0.1) is 11.8 Å². The number of nitrogens with zero attached hydrogens (tertiary/aromatic N) is 5. The van der Waals surface area contributed by atoms with Gasteiger partial charge < -0.3 is 10.2 Å². The number of rotatable bonds is 8. The summed E-state index contributed by atoms with van der Waals surface area (Å²) in [5.74, 6) is 0.240. The predicted molar refractivity (Wildman–Crippen MR) is 149 cm³/mol. The SMILES string of the molecule is CCCC(c1ccc(C(=O)NCc2nn[nH]n2)cc1)N1C(=O)C(c2cccc(C(F)(F)F)c2)=NC12CC(C)CC(C)C2. The van der Waals surface area contributed by atoms with Gasteiger partial charge in [0.05, 0.1) is 18.2 Å². The quantitative estimate of drug-likeness (QED) is 0.366. The molecule has 3 aromatic rings. The Labute approximate surface area is 242 Å². The van der Waals surface area contributed by atoms with Crippen LogP contribution in [0.5, 0.6) is 0 Å². The monoisotopic (exact) mass is 581 g/mol. The van der Waals surface area contributed by atoms with Crippen LogP contribution in [0.2, 0.25) is 0 Å². The van der Waals surface area contributed by atoms with E-state index in [1.165, 1.54) is 12.1 Å². The number of amides is 2. The van der Waals surface area contributed by atoms with Gasteiger partial charge >= 0.3 is 6.18 Å². The lowest BCUT2D eigenvalue weighted by atomic mass is 9.75. The molecule has 3 atom stereocenters. The van der Waals surface area contributed by atoms with Crippen molar-refractivity contribution < 1.29 is 22.8 Å². The van der Waals surface area contributed by atoms with Crippen LogP contribution in [0.4, 0.5) is 13.2 Å². The molecule has 222 valence electrons. The number of hydrogen-bond donors (Lipinski definition) is 2. The maximum atomic E-state index is 14.2. The molecule has 12 heteroatoms. The Bertz CT molecular complexity index is 1440. The van der Waals surface area contributed by atoms with Gasteiger partial charge in [-0.05, 0) is 67.3 Å². The lowest BCUT2D eigenvalue weighted by molar-refractivity contribution is -0.138. The van der Waals surface area contributed by atoms with Crippen LogP contribution in [0.3, 0.4) is 0 Å². The predicted octanol–water partition coefficient (Wildman–Crippen LogP) is 5.47. The first kappa shape index (κ1) is 29.4. The van der Waals surface area contributed by atoms with Crippen LogP contribution in [-0.2, 0) is 17.5 Å². The highest BCUT2D eigenvalue weighted by molar-refractivity contribution is 6.46. The normalized spacial score (nSPS) is 23.2. The van der Waals surface area contributed by atoms with E-state index < -0.39 is 17.4 Å². The molecule has 2 amide bonds. The van der Waals surface area contributed by atoms with E-state index in [2.05, 4.69) is 39.8 Å². The smallest absolute Gasteiger partial charge is 0.345 e. The van der Waals surface area contributed by atoms with Gasteiger partial charge in [-0.3, -0.25) is 14.6 Å². The molecule has 3 unspecified atom stereocenters. The van der Waals surface area contributed by atoms with E-state index in [1.54, 1.807) is 12.1 Å². The van der Waals surface area contributed by atoms with E-state index in [0.29, 0.717) is 30.7 Å². The number of tetrazole rings is 1. The van der Waals surface area contributed by atoms with Crippen molar-refractivity contribution in [2.45, 2.75) is 77.3 Å². The van der Waals surface area contributed by atoms with Crippen molar-refractivity contribution in [1.82, 2.24) is 30.8 Å². The average molecular weight is 582 g/mol. The summed E-state index contributed by atoms with van der Waals surface area (Å²) >= 11 is 0. The van der Waals surface area contributed by atoms with Gasteiger partial charge in [0.1, 0.15) is 11.4 Å². The summed E-state index contributed by atoms with van der Waals surface area (Å²) in [6.07, 6.45) is -0.894. The molecule has 2 N–H and O–H groups in total. The first-order valence-electron chi connectivity index (χ1n) is 14.2. The summed E-state index contributed by atoms with van der Waals surface area (Å²) in [4.78, 5) is 33.8. The van der Waals surface area contributed by atoms with Crippen LogP contribution < -0.4 is 5.32 Å². The number of benzene rings is 2. The Morgan fingerprint density at radius 1 is 1.14 bits per heavy atom. The molecule has 0 bridgehead atoms. The Morgan fingerprint density at radius 2 is 1.86 bits per heavy atom. The van der Waals surface area contributed by atoms with E-state index in [9.17, 15) is 22.8 Å². The second-order valence-electron chi connectivity index (χ2n) is 11.5. The van der Waals surface area contributed by atoms with E-state index >= 15 is 0 Å². The molecular weight excluding hydrogens is 547 g/mol. The van der Waals surface area contributed by atoms with Crippen molar-refractivity contribution in [1.29, 1.82) is 0 Å². The summed E-state index contributed by atoms with van der Waals surface area (Å²) in [7, 11) is 0. The van der Waals surface area contributed by atoms with Gasteiger partial charge in [0, 0.05) is 11.1 Å². The molecule has 1 aliphatic heterocycles. The standard InChI is InChI=1S/C30H34F3N7O2/c1-4-6-24(20-9-11-21(12-10-20)27(41)34-17-25-36-38-39-37-25)40-28(42)26(22-7-5-8-23(14-22)30(31,32)33)35-29(40)15-18(2)13-19(3)16-29/h5,7-12,14,18-19,24H,4,6,13,15-17H2,1-3H3,(H,34,41)(H,36,37,38,39). The summed E-state index contributed by atoms with van der Waals surface area (Å²) in [6, 6.07) is 11.6. The van der Waals surface area contributed by atoms with Gasteiger partial charge in [-0.15, -0.1) is 10.2 Å². The first-order valence-corrected chi connectivity index (χ1v) is 14.2. The number of aliphatic imine (C=N–C) groups is 1. The summed E-state index contributed by atoms with van der Waals surface area (Å²) in [6.45, 7) is 6.41. The maximum Gasteiger partial charge on any atom is 0.416 e.